The molecular weight excluding hydrogens is 402 g/mol. The molecule has 1 amide bonds. The minimum absolute atomic E-state index is 0.259. The highest BCUT2D eigenvalue weighted by molar-refractivity contribution is 14.1. The number of rotatable bonds is 4. The summed E-state index contributed by atoms with van der Waals surface area (Å²) in [4.78, 5) is 11.7. The zero-order valence-corrected chi connectivity index (χ0v) is 12.6. The van der Waals surface area contributed by atoms with Crippen LogP contribution in [0.2, 0.25) is 0 Å². The molecular formula is C12H9F3IN3O2. The number of amides is 1. The van der Waals surface area contributed by atoms with Crippen molar-refractivity contribution in [2.45, 2.75) is 12.6 Å². The average Bonchev–Trinajstić information content (AvgIpc) is 2.84. The third-order valence-electron chi connectivity index (χ3n) is 2.49. The van der Waals surface area contributed by atoms with Crippen molar-refractivity contribution < 1.29 is 22.4 Å². The zero-order chi connectivity index (χ0) is 15.5. The molecule has 0 bridgehead atoms. The maximum Gasteiger partial charge on any atom is 0.390 e. The number of alkyl halides is 3. The van der Waals surface area contributed by atoms with E-state index >= 15 is 0 Å². The van der Waals surface area contributed by atoms with Crippen LogP contribution in [0.5, 0.6) is 0 Å². The Balaban J connectivity index is 1.97. The van der Waals surface area contributed by atoms with Gasteiger partial charge < -0.3 is 9.73 Å². The molecule has 5 nitrogen and oxygen atoms in total. The molecule has 2 rings (SSSR count). The smallest absolute Gasteiger partial charge is 0.390 e. The van der Waals surface area contributed by atoms with Crippen LogP contribution < -0.4 is 5.32 Å². The Morgan fingerprint density at radius 3 is 2.43 bits per heavy atom. The lowest BCUT2D eigenvalue weighted by atomic mass is 10.1. The summed E-state index contributed by atoms with van der Waals surface area (Å²) in [5.41, 5.74) is 0.882. The van der Waals surface area contributed by atoms with E-state index in [1.165, 1.54) is 12.1 Å². The number of nitrogens with zero attached hydrogens (tertiary/aromatic N) is 2. The molecule has 0 atom stereocenters. The predicted octanol–water partition coefficient (Wildman–Crippen LogP) is 3.02. The summed E-state index contributed by atoms with van der Waals surface area (Å²) >= 11 is 1.87. The summed E-state index contributed by atoms with van der Waals surface area (Å²) in [6, 6.07) is 6.13. The summed E-state index contributed by atoms with van der Waals surface area (Å²) < 4.78 is 41.5. The molecule has 112 valence electrons. The van der Waals surface area contributed by atoms with Gasteiger partial charge in [-0.1, -0.05) is 0 Å². The van der Waals surface area contributed by atoms with Crippen molar-refractivity contribution in [1.82, 2.24) is 15.5 Å². The van der Waals surface area contributed by atoms with Gasteiger partial charge in [0.15, 0.2) is 0 Å². The highest BCUT2D eigenvalue weighted by Crippen LogP contribution is 2.20. The SMILES string of the molecule is O=C(NCCC(F)(F)F)c1ccc(-c2nnc(I)o2)cc1. The van der Waals surface area contributed by atoms with E-state index in [9.17, 15) is 18.0 Å². The van der Waals surface area contributed by atoms with E-state index in [2.05, 4.69) is 15.5 Å². The van der Waals surface area contributed by atoms with Crippen LogP contribution in [0.4, 0.5) is 13.2 Å². The lowest BCUT2D eigenvalue weighted by Crippen LogP contribution is -2.27. The molecule has 0 saturated heterocycles. The molecule has 0 unspecified atom stereocenters. The lowest BCUT2D eigenvalue weighted by molar-refractivity contribution is -0.132. The second-order valence-electron chi connectivity index (χ2n) is 4.06. The highest BCUT2D eigenvalue weighted by Gasteiger charge is 2.26. The fourth-order valence-corrected chi connectivity index (χ4v) is 1.82. The van der Waals surface area contributed by atoms with Gasteiger partial charge in [0.1, 0.15) is 0 Å². The molecule has 9 heteroatoms. The van der Waals surface area contributed by atoms with E-state index in [-0.39, 0.29) is 5.56 Å². The Kier molecular flexibility index (Phi) is 4.80. The predicted molar refractivity (Wildman–Crippen MR) is 75.5 cm³/mol. The van der Waals surface area contributed by atoms with Gasteiger partial charge in [-0.3, -0.25) is 4.79 Å². The van der Waals surface area contributed by atoms with E-state index in [4.69, 9.17) is 4.42 Å². The maximum absolute atomic E-state index is 12.0. The Hall–Kier alpha value is -1.65. The Bertz CT molecular complexity index is 625. The van der Waals surface area contributed by atoms with Crippen LogP contribution in [0, 0.1) is 3.90 Å². The van der Waals surface area contributed by atoms with Crippen molar-refractivity contribution in [2.75, 3.05) is 6.54 Å². The van der Waals surface area contributed by atoms with Crippen LogP contribution in [-0.2, 0) is 0 Å². The minimum Gasteiger partial charge on any atom is -0.412 e. The fraction of sp³-hybridized carbons (Fsp3) is 0.250. The summed E-state index contributed by atoms with van der Waals surface area (Å²) in [6.45, 7) is -0.452. The van der Waals surface area contributed by atoms with Crippen molar-refractivity contribution in [3.8, 4) is 11.5 Å². The maximum atomic E-state index is 12.0. The molecule has 0 aliphatic rings. The molecule has 0 radical (unpaired) electrons. The van der Waals surface area contributed by atoms with E-state index in [0.717, 1.165) is 0 Å². The number of hydrogen-bond donors (Lipinski definition) is 1. The van der Waals surface area contributed by atoms with E-state index in [0.29, 0.717) is 15.4 Å². The number of halogens is 4. The van der Waals surface area contributed by atoms with Gasteiger partial charge in [-0.25, -0.2) is 0 Å². The molecule has 0 aliphatic heterocycles. The summed E-state index contributed by atoms with van der Waals surface area (Å²) in [7, 11) is 0. The molecule has 2 aromatic rings. The second-order valence-corrected chi connectivity index (χ2v) is 4.98. The van der Waals surface area contributed by atoms with Gasteiger partial charge in [0.2, 0.25) is 5.89 Å². The van der Waals surface area contributed by atoms with Crippen molar-refractivity contribution in [2.24, 2.45) is 0 Å². The Morgan fingerprint density at radius 2 is 1.90 bits per heavy atom. The third kappa shape index (κ3) is 4.69. The first-order valence-corrected chi connectivity index (χ1v) is 6.87. The van der Waals surface area contributed by atoms with Crippen molar-refractivity contribution in [3.63, 3.8) is 0 Å². The first-order valence-electron chi connectivity index (χ1n) is 5.79. The van der Waals surface area contributed by atoms with Gasteiger partial charge in [-0.2, -0.15) is 13.2 Å². The number of hydrogen-bond acceptors (Lipinski definition) is 4. The van der Waals surface area contributed by atoms with Gasteiger partial charge in [0, 0.05) is 40.3 Å². The summed E-state index contributed by atoms with van der Waals surface area (Å²) in [6.07, 6.45) is -5.34. The van der Waals surface area contributed by atoms with Gasteiger partial charge in [-0.05, 0) is 24.3 Å². The van der Waals surface area contributed by atoms with Crippen LogP contribution >= 0.6 is 22.6 Å². The Morgan fingerprint density at radius 1 is 1.24 bits per heavy atom. The fourth-order valence-electron chi connectivity index (χ4n) is 1.51. The Labute approximate surface area is 131 Å². The molecule has 1 aromatic heterocycles. The average molecular weight is 411 g/mol. The van der Waals surface area contributed by atoms with Gasteiger partial charge >= 0.3 is 6.18 Å². The molecule has 0 fully saturated rings. The summed E-state index contributed by atoms with van der Waals surface area (Å²) in [5.74, 6) is -0.255. The minimum atomic E-state index is -4.29. The van der Waals surface area contributed by atoms with Gasteiger partial charge in [0.25, 0.3) is 9.80 Å². The first kappa shape index (κ1) is 15.7. The molecule has 1 aromatic carbocycles. The molecule has 21 heavy (non-hydrogen) atoms. The number of benzene rings is 1. The van der Waals surface area contributed by atoms with Crippen LogP contribution in [-0.4, -0.2) is 28.8 Å². The lowest BCUT2D eigenvalue weighted by Gasteiger charge is -2.08. The summed E-state index contributed by atoms with van der Waals surface area (Å²) in [5, 5.41) is 9.69. The number of nitrogens with one attached hydrogen (secondary N) is 1. The first-order chi connectivity index (χ1) is 9.85. The second kappa shape index (κ2) is 6.41. The van der Waals surface area contributed by atoms with E-state index in [1.54, 1.807) is 12.1 Å². The van der Waals surface area contributed by atoms with Crippen LogP contribution in [0.15, 0.2) is 28.7 Å². The molecule has 1 heterocycles. The van der Waals surface area contributed by atoms with Gasteiger partial charge in [-0.15, -0.1) is 10.2 Å². The number of carbonyl (C=O) groups excluding carboxylic acids is 1. The number of carbonyl (C=O) groups is 1. The largest absolute Gasteiger partial charge is 0.412 e. The molecule has 0 spiro atoms. The third-order valence-corrected chi connectivity index (χ3v) is 2.92. The zero-order valence-electron chi connectivity index (χ0n) is 10.4. The van der Waals surface area contributed by atoms with Crippen LogP contribution in [0.3, 0.4) is 0 Å². The van der Waals surface area contributed by atoms with Crippen molar-refractivity contribution >= 4 is 28.5 Å². The highest BCUT2D eigenvalue weighted by atomic mass is 127. The topological polar surface area (TPSA) is 68.0 Å². The monoisotopic (exact) mass is 411 g/mol. The quantitative estimate of drug-likeness (QED) is 0.786. The number of aromatic nitrogens is 2. The van der Waals surface area contributed by atoms with Crippen molar-refractivity contribution in [1.29, 1.82) is 0 Å². The molecule has 0 saturated carbocycles. The van der Waals surface area contributed by atoms with Crippen LogP contribution in [0.25, 0.3) is 11.5 Å². The molecule has 0 aliphatic carbocycles. The molecule has 1 N–H and O–H groups in total. The van der Waals surface area contributed by atoms with E-state index < -0.39 is 25.0 Å². The van der Waals surface area contributed by atoms with E-state index in [1.807, 2.05) is 22.6 Å². The van der Waals surface area contributed by atoms with Crippen LogP contribution in [0.1, 0.15) is 16.8 Å². The van der Waals surface area contributed by atoms with Crippen molar-refractivity contribution in [3.05, 3.63) is 33.7 Å². The normalized spacial score (nSPS) is 11.4. The standard InChI is InChI=1S/C12H9F3IN3O2/c13-12(14,15)5-6-17-9(20)7-1-3-8(4-2-7)10-18-19-11(16)21-10/h1-4H,5-6H2,(H,17,20). The van der Waals surface area contributed by atoms with Gasteiger partial charge in [0.05, 0.1) is 6.42 Å².